The molecule has 0 atom stereocenters. The summed E-state index contributed by atoms with van der Waals surface area (Å²) < 4.78 is 55.1. The fourth-order valence-electron chi connectivity index (χ4n) is 2.82. The van der Waals surface area contributed by atoms with Gasteiger partial charge in [-0.25, -0.2) is 19.0 Å². The maximum absolute atomic E-state index is 13.8. The second-order valence-corrected chi connectivity index (χ2v) is 6.33. The SMILES string of the molecule is N#Cc1cc(NC(=O)c2cnn(-c3ccc(F)c(N)n3)c2C(F)(F)F)cnc1-n1nccn1. The monoisotopic (exact) mass is 458 g/mol. The number of rotatable bonds is 4. The van der Waals surface area contributed by atoms with E-state index in [1.807, 2.05) is 6.07 Å². The average molecular weight is 458 g/mol. The molecule has 0 aliphatic heterocycles. The molecule has 0 aromatic carbocycles. The van der Waals surface area contributed by atoms with Gasteiger partial charge in [-0.05, 0) is 18.2 Å². The van der Waals surface area contributed by atoms with Crippen molar-refractivity contribution in [2.75, 3.05) is 11.1 Å². The van der Waals surface area contributed by atoms with E-state index >= 15 is 0 Å². The van der Waals surface area contributed by atoms with Gasteiger partial charge in [-0.3, -0.25) is 4.79 Å². The summed E-state index contributed by atoms with van der Waals surface area (Å²) in [5.74, 6) is -3.12. The molecule has 4 heterocycles. The molecule has 4 rings (SSSR count). The van der Waals surface area contributed by atoms with Crippen molar-refractivity contribution in [2.24, 2.45) is 0 Å². The summed E-state index contributed by atoms with van der Waals surface area (Å²) in [6.07, 6.45) is -0.506. The van der Waals surface area contributed by atoms with Crippen LogP contribution in [-0.2, 0) is 6.18 Å². The van der Waals surface area contributed by atoms with Crippen molar-refractivity contribution in [1.82, 2.24) is 34.7 Å². The van der Waals surface area contributed by atoms with Gasteiger partial charge in [0, 0.05) is 0 Å². The van der Waals surface area contributed by atoms with Crippen LogP contribution in [0.2, 0.25) is 0 Å². The number of aromatic nitrogens is 7. The number of nitrogens with two attached hydrogens (primary N) is 1. The maximum Gasteiger partial charge on any atom is 0.434 e. The Labute approximate surface area is 181 Å². The second kappa shape index (κ2) is 8.00. The molecule has 0 radical (unpaired) electrons. The Hall–Kier alpha value is -4.87. The van der Waals surface area contributed by atoms with Gasteiger partial charge in [-0.15, -0.1) is 4.80 Å². The molecule has 33 heavy (non-hydrogen) atoms. The third-order valence-electron chi connectivity index (χ3n) is 4.21. The fourth-order valence-corrected chi connectivity index (χ4v) is 2.82. The number of pyridine rings is 2. The van der Waals surface area contributed by atoms with Gasteiger partial charge in [0.05, 0.1) is 36.0 Å². The van der Waals surface area contributed by atoms with E-state index in [9.17, 15) is 27.6 Å². The highest BCUT2D eigenvalue weighted by Gasteiger charge is 2.41. The van der Waals surface area contributed by atoms with E-state index in [0.717, 1.165) is 23.1 Å². The van der Waals surface area contributed by atoms with E-state index in [-0.39, 0.29) is 17.1 Å². The highest BCUT2D eigenvalue weighted by Crippen LogP contribution is 2.34. The lowest BCUT2D eigenvalue weighted by Gasteiger charge is -2.13. The summed E-state index contributed by atoms with van der Waals surface area (Å²) in [5.41, 5.74) is 2.93. The number of nitrogen functional groups attached to an aromatic ring is 1. The molecule has 11 nitrogen and oxygen atoms in total. The first kappa shape index (κ1) is 21.4. The Morgan fingerprint density at radius 3 is 2.52 bits per heavy atom. The lowest BCUT2D eigenvalue weighted by Crippen LogP contribution is -2.21. The van der Waals surface area contributed by atoms with E-state index in [1.54, 1.807) is 0 Å². The van der Waals surface area contributed by atoms with Crippen molar-refractivity contribution >= 4 is 17.4 Å². The van der Waals surface area contributed by atoms with Gasteiger partial charge in [0.2, 0.25) is 0 Å². The first-order chi connectivity index (χ1) is 15.7. The summed E-state index contributed by atoms with van der Waals surface area (Å²) in [6.45, 7) is 0. The molecule has 0 saturated carbocycles. The number of alkyl halides is 3. The smallest absolute Gasteiger partial charge is 0.381 e. The largest absolute Gasteiger partial charge is 0.434 e. The molecule has 3 N–H and O–H groups in total. The van der Waals surface area contributed by atoms with Crippen LogP contribution in [0.5, 0.6) is 0 Å². The zero-order valence-electron chi connectivity index (χ0n) is 16.1. The standard InChI is InChI=1S/C18H10F4N10O/c19-12-1-2-13(30-15(12)24)31-14(18(20,21)22)11(8-28-31)17(33)29-10-5-9(6-23)16(25-7-10)32-26-3-4-27-32/h1-5,7-8H,(H2,24,30)(H,29,33). The molecule has 15 heteroatoms. The summed E-state index contributed by atoms with van der Waals surface area (Å²) in [5, 5.41) is 22.8. The Balaban J connectivity index is 1.70. The highest BCUT2D eigenvalue weighted by atomic mass is 19.4. The van der Waals surface area contributed by atoms with Crippen LogP contribution >= 0.6 is 0 Å². The number of nitriles is 1. The van der Waals surface area contributed by atoms with Crippen molar-refractivity contribution < 1.29 is 22.4 Å². The zero-order valence-corrected chi connectivity index (χ0v) is 16.1. The number of anilines is 2. The molecule has 4 aromatic heterocycles. The van der Waals surface area contributed by atoms with Gasteiger partial charge >= 0.3 is 6.18 Å². The van der Waals surface area contributed by atoms with Crippen molar-refractivity contribution in [1.29, 1.82) is 5.26 Å². The number of nitrogens with zero attached hydrogens (tertiary/aromatic N) is 8. The van der Waals surface area contributed by atoms with E-state index in [1.165, 1.54) is 18.5 Å². The number of hydrogen-bond donors (Lipinski definition) is 2. The van der Waals surface area contributed by atoms with Crippen molar-refractivity contribution in [3.8, 4) is 17.7 Å². The molecule has 0 unspecified atom stereocenters. The molecule has 0 saturated heterocycles. The van der Waals surface area contributed by atoms with Crippen LogP contribution in [0.3, 0.4) is 0 Å². The van der Waals surface area contributed by atoms with Gasteiger partial charge < -0.3 is 11.1 Å². The third kappa shape index (κ3) is 4.04. The van der Waals surface area contributed by atoms with E-state index in [2.05, 4.69) is 30.6 Å². The summed E-state index contributed by atoms with van der Waals surface area (Å²) in [4.78, 5) is 21.2. The van der Waals surface area contributed by atoms with Crippen molar-refractivity contribution in [3.63, 3.8) is 0 Å². The number of hydrogen-bond acceptors (Lipinski definition) is 8. The number of carbonyl (C=O) groups is 1. The minimum Gasteiger partial charge on any atom is -0.381 e. The lowest BCUT2D eigenvalue weighted by molar-refractivity contribution is -0.143. The van der Waals surface area contributed by atoms with E-state index in [0.29, 0.717) is 10.9 Å². The van der Waals surface area contributed by atoms with Gasteiger partial charge in [0.15, 0.2) is 29.0 Å². The Morgan fingerprint density at radius 2 is 1.88 bits per heavy atom. The van der Waals surface area contributed by atoms with Crippen LogP contribution in [-0.4, -0.2) is 40.6 Å². The van der Waals surface area contributed by atoms with Crippen LogP contribution < -0.4 is 11.1 Å². The fraction of sp³-hybridized carbons (Fsp3) is 0.0556. The highest BCUT2D eigenvalue weighted by molar-refractivity contribution is 6.05. The minimum absolute atomic E-state index is 0.0401. The lowest BCUT2D eigenvalue weighted by atomic mass is 10.2. The first-order valence-corrected chi connectivity index (χ1v) is 8.85. The van der Waals surface area contributed by atoms with Crippen LogP contribution in [0.4, 0.5) is 29.1 Å². The zero-order chi connectivity index (χ0) is 23.8. The van der Waals surface area contributed by atoms with Gasteiger partial charge in [-0.1, -0.05) is 0 Å². The maximum atomic E-state index is 13.8. The topological polar surface area (TPSA) is 153 Å². The van der Waals surface area contributed by atoms with E-state index < -0.39 is 40.8 Å². The molecule has 0 spiro atoms. The summed E-state index contributed by atoms with van der Waals surface area (Å²) >= 11 is 0. The number of amides is 1. The van der Waals surface area contributed by atoms with Crippen molar-refractivity contribution in [3.05, 3.63) is 65.6 Å². The second-order valence-electron chi connectivity index (χ2n) is 6.33. The number of carbonyl (C=O) groups excluding carboxylic acids is 1. The summed E-state index contributed by atoms with van der Waals surface area (Å²) in [7, 11) is 0. The Morgan fingerprint density at radius 1 is 1.15 bits per heavy atom. The molecular formula is C18H10F4N10O. The molecule has 0 aliphatic rings. The number of nitrogens with one attached hydrogen (secondary N) is 1. The molecular weight excluding hydrogens is 448 g/mol. The van der Waals surface area contributed by atoms with Crippen LogP contribution in [0, 0.1) is 17.1 Å². The normalized spacial score (nSPS) is 11.2. The van der Waals surface area contributed by atoms with Crippen molar-refractivity contribution in [2.45, 2.75) is 6.18 Å². The van der Waals surface area contributed by atoms with Crippen LogP contribution in [0.15, 0.2) is 43.0 Å². The van der Waals surface area contributed by atoms with Gasteiger partial charge in [-0.2, -0.15) is 33.7 Å². The molecule has 0 aliphatic carbocycles. The molecule has 1 amide bonds. The van der Waals surface area contributed by atoms with Gasteiger partial charge in [0.25, 0.3) is 5.91 Å². The predicted octanol–water partition coefficient (Wildman–Crippen LogP) is 2.11. The van der Waals surface area contributed by atoms with Crippen LogP contribution in [0.1, 0.15) is 21.6 Å². The third-order valence-corrected chi connectivity index (χ3v) is 4.21. The Bertz CT molecular complexity index is 1390. The number of halogens is 4. The molecule has 0 bridgehead atoms. The minimum atomic E-state index is -5.03. The van der Waals surface area contributed by atoms with Gasteiger partial charge in [0.1, 0.15) is 11.6 Å². The molecule has 4 aromatic rings. The average Bonchev–Trinajstić information content (AvgIpc) is 3.45. The predicted molar refractivity (Wildman–Crippen MR) is 103 cm³/mol. The summed E-state index contributed by atoms with van der Waals surface area (Å²) in [6, 6.07) is 4.80. The van der Waals surface area contributed by atoms with E-state index in [4.69, 9.17) is 5.73 Å². The van der Waals surface area contributed by atoms with Crippen LogP contribution in [0.25, 0.3) is 11.6 Å². The Kier molecular flexibility index (Phi) is 5.18. The first-order valence-electron chi connectivity index (χ1n) is 8.85. The molecule has 166 valence electrons. The quantitative estimate of drug-likeness (QED) is 0.441. The molecule has 0 fully saturated rings.